The molecule has 1 saturated heterocycles. The average Bonchev–Trinajstić information content (AvgIpc) is 3.80. The molecular formula is C41H47FN10O2+2. The van der Waals surface area contributed by atoms with Gasteiger partial charge in [0.2, 0.25) is 12.1 Å². The summed E-state index contributed by atoms with van der Waals surface area (Å²) in [5.41, 5.74) is 9.79. The SMILES string of the molecule is CCCCc1cc2ccccc2c(OCC[N+](C)(C)C2=C[N+]3(C(N)=O)N=C(c4c(-c5ccc(F)cc5)ncn4C4CCN(CCC#N)CC4)C=CC3=N2)n1. The number of primary amides is 1. The van der Waals surface area contributed by atoms with Crippen LogP contribution in [0.2, 0.25) is 0 Å². The number of imidazole rings is 1. The zero-order valence-electron chi connectivity index (χ0n) is 31.2. The van der Waals surface area contributed by atoms with Crippen molar-refractivity contribution < 1.29 is 23.0 Å². The topological polar surface area (TPSA) is 135 Å². The van der Waals surface area contributed by atoms with Crippen molar-refractivity contribution >= 4 is 28.4 Å². The summed E-state index contributed by atoms with van der Waals surface area (Å²) >= 11 is 0. The number of hydrogen-bond acceptors (Lipinski definition) is 8. The molecule has 7 rings (SSSR count). The van der Waals surface area contributed by atoms with E-state index >= 15 is 0 Å². The largest absolute Gasteiger partial charge is 0.471 e. The van der Waals surface area contributed by atoms with Crippen molar-refractivity contribution in [3.05, 3.63) is 102 Å². The first kappa shape index (κ1) is 36.8. The van der Waals surface area contributed by atoms with E-state index in [1.165, 1.54) is 12.1 Å². The van der Waals surface area contributed by atoms with Crippen LogP contribution in [0.15, 0.2) is 95.2 Å². The number of urea groups is 1. The number of nitriles is 1. The van der Waals surface area contributed by atoms with Crippen LogP contribution >= 0.6 is 0 Å². The number of unbranched alkanes of at least 4 members (excludes halogenated alkanes) is 1. The van der Waals surface area contributed by atoms with Crippen LogP contribution in [-0.4, -0.2) is 93.0 Å². The third kappa shape index (κ3) is 7.33. The van der Waals surface area contributed by atoms with Gasteiger partial charge in [-0.25, -0.2) is 19.2 Å². The lowest BCUT2D eigenvalue weighted by molar-refractivity contribution is -0.856. The highest BCUT2D eigenvalue weighted by Gasteiger charge is 2.51. The molecule has 12 nitrogen and oxygen atoms in total. The van der Waals surface area contributed by atoms with Gasteiger partial charge >= 0.3 is 6.03 Å². The van der Waals surface area contributed by atoms with Crippen molar-refractivity contribution in [3.8, 4) is 23.2 Å². The van der Waals surface area contributed by atoms with Crippen LogP contribution in [0.5, 0.6) is 5.88 Å². The number of amides is 2. The standard InChI is InChI=1S/C41H46FN10O2/c1-4-5-10-32-26-30-9-6-7-11-34(30)40(46-32)54-25-24-51(2,3)37-27-52(41(44)53)36(47-37)17-16-35(48-52)39-38(29-12-14-31(42)15-13-29)45-28-50(39)33-18-22-49(23-19-33)21-8-20-43/h6-7,9,11-17,26-28,33H,4-5,8,10,18-19,21-25H2,1-3H3,(H-,44,53)/q+1/p+1. The second kappa shape index (κ2) is 15.4. The number of nitrogens with two attached hydrogens (primary N) is 1. The molecule has 4 aromatic rings. The Morgan fingerprint density at radius 1 is 1.13 bits per heavy atom. The molecule has 278 valence electrons. The number of aliphatic imine (C=N–C) groups is 1. The van der Waals surface area contributed by atoms with Crippen LogP contribution < -0.4 is 10.5 Å². The fourth-order valence-corrected chi connectivity index (χ4v) is 7.33. The van der Waals surface area contributed by atoms with Gasteiger partial charge in [-0.15, -0.1) is 4.99 Å². The molecular weight excluding hydrogens is 684 g/mol. The number of carbonyl (C=O) groups is 1. The summed E-state index contributed by atoms with van der Waals surface area (Å²) in [6, 6.07) is 18.1. The smallest absolute Gasteiger partial charge is 0.452 e. The average molecular weight is 731 g/mol. The maximum atomic E-state index is 14.0. The number of likely N-dealkylation sites (tertiary alicyclic amines) is 1. The first-order valence-electron chi connectivity index (χ1n) is 18.7. The predicted molar refractivity (Wildman–Crippen MR) is 206 cm³/mol. The number of halogens is 1. The van der Waals surface area contributed by atoms with E-state index in [1.54, 1.807) is 30.7 Å². The minimum Gasteiger partial charge on any atom is -0.471 e. The molecule has 0 saturated carbocycles. The van der Waals surface area contributed by atoms with Gasteiger partial charge < -0.3 is 19.9 Å². The Labute approximate surface area is 315 Å². The molecule has 0 radical (unpaired) electrons. The van der Waals surface area contributed by atoms with E-state index in [0.717, 1.165) is 79.5 Å². The number of piperidine rings is 1. The number of fused-ring (bicyclic) bond motifs is 2. The summed E-state index contributed by atoms with van der Waals surface area (Å²) < 4.78 is 22.2. The van der Waals surface area contributed by atoms with E-state index in [1.807, 2.05) is 38.4 Å². The first-order chi connectivity index (χ1) is 26.1. The molecule has 1 unspecified atom stereocenters. The molecule has 1 fully saturated rings. The Kier molecular flexibility index (Phi) is 10.5. The lowest BCUT2D eigenvalue weighted by Gasteiger charge is -2.33. The Balaban J connectivity index is 1.18. The molecule has 2 aromatic carbocycles. The Morgan fingerprint density at radius 3 is 2.65 bits per heavy atom. The minimum atomic E-state index is -0.693. The third-order valence-corrected chi connectivity index (χ3v) is 10.6. The monoisotopic (exact) mass is 730 g/mol. The predicted octanol–water partition coefficient (Wildman–Crippen LogP) is 6.67. The zero-order chi connectivity index (χ0) is 37.9. The highest BCUT2D eigenvalue weighted by atomic mass is 19.1. The summed E-state index contributed by atoms with van der Waals surface area (Å²) in [5, 5.41) is 16.2. The van der Waals surface area contributed by atoms with Crippen LogP contribution in [0.1, 0.15) is 56.5 Å². The number of benzene rings is 2. The molecule has 13 heteroatoms. The molecule has 2 amide bonds. The molecule has 3 aliphatic heterocycles. The molecule has 0 bridgehead atoms. The van der Waals surface area contributed by atoms with Crippen molar-refractivity contribution in [1.82, 2.24) is 19.4 Å². The van der Waals surface area contributed by atoms with Crippen LogP contribution in [-0.2, 0) is 6.42 Å². The van der Waals surface area contributed by atoms with Gasteiger partial charge in [0.1, 0.15) is 30.4 Å². The Hall–Kier alpha value is -5.55. The van der Waals surface area contributed by atoms with E-state index in [4.69, 9.17) is 35.8 Å². The highest BCUT2D eigenvalue weighted by Crippen LogP contribution is 2.35. The fraction of sp³-hybridized carbons (Fsp3) is 0.366. The molecule has 54 heavy (non-hydrogen) atoms. The van der Waals surface area contributed by atoms with E-state index in [2.05, 4.69) is 34.6 Å². The second-order valence-electron chi connectivity index (χ2n) is 14.6. The minimum absolute atomic E-state index is 0.104. The first-order valence-corrected chi connectivity index (χ1v) is 18.7. The van der Waals surface area contributed by atoms with Crippen molar-refractivity contribution in [3.63, 3.8) is 0 Å². The number of aromatic nitrogens is 3. The van der Waals surface area contributed by atoms with Gasteiger partial charge in [0, 0.05) is 54.8 Å². The quantitative estimate of drug-likeness (QED) is 0.153. The van der Waals surface area contributed by atoms with E-state index < -0.39 is 10.6 Å². The second-order valence-corrected chi connectivity index (χ2v) is 14.6. The molecule has 0 aliphatic carbocycles. The summed E-state index contributed by atoms with van der Waals surface area (Å²) in [6.07, 6.45) is 12.4. The van der Waals surface area contributed by atoms with Crippen molar-refractivity contribution in [2.45, 2.75) is 51.5 Å². The fourth-order valence-electron chi connectivity index (χ4n) is 7.33. The van der Waals surface area contributed by atoms with E-state index in [-0.39, 0.29) is 11.9 Å². The number of pyridine rings is 1. The van der Waals surface area contributed by atoms with E-state index in [0.29, 0.717) is 53.0 Å². The van der Waals surface area contributed by atoms with Crippen molar-refractivity contribution in [2.75, 3.05) is 46.9 Å². The number of allylic oxidation sites excluding steroid dienone is 1. The van der Waals surface area contributed by atoms with Crippen molar-refractivity contribution in [1.29, 1.82) is 5.26 Å². The summed E-state index contributed by atoms with van der Waals surface area (Å²) in [6.45, 7) is 5.49. The number of quaternary nitrogens is 2. The van der Waals surface area contributed by atoms with Gasteiger partial charge in [-0.1, -0.05) is 36.6 Å². The van der Waals surface area contributed by atoms with Gasteiger partial charge in [0.25, 0.3) is 11.7 Å². The molecule has 5 heterocycles. The van der Waals surface area contributed by atoms with Gasteiger partial charge in [0.15, 0.2) is 0 Å². The maximum Gasteiger partial charge on any atom is 0.452 e. The Morgan fingerprint density at radius 2 is 1.91 bits per heavy atom. The summed E-state index contributed by atoms with van der Waals surface area (Å²) in [4.78, 5) is 30.4. The highest BCUT2D eigenvalue weighted by molar-refractivity contribution is 6.16. The maximum absolute atomic E-state index is 14.0. The lowest BCUT2D eigenvalue weighted by atomic mass is 10.0. The molecule has 0 spiro atoms. The number of aryl methyl sites for hydroxylation is 1. The zero-order valence-corrected chi connectivity index (χ0v) is 31.2. The number of carbonyl (C=O) groups excluding carboxylic acids is 1. The van der Waals surface area contributed by atoms with Gasteiger partial charge in [-0.3, -0.25) is 4.48 Å². The molecule has 1 atom stereocenters. The van der Waals surface area contributed by atoms with E-state index in [9.17, 15) is 9.18 Å². The molecule has 2 aromatic heterocycles. The lowest BCUT2D eigenvalue weighted by Crippen LogP contribution is -2.51. The normalized spacial score (nSPS) is 18.9. The van der Waals surface area contributed by atoms with Crippen molar-refractivity contribution in [2.24, 2.45) is 15.8 Å². The van der Waals surface area contributed by atoms with Gasteiger partial charge in [-0.2, -0.15) is 5.26 Å². The number of hydrogen-bond donors (Lipinski definition) is 1. The van der Waals surface area contributed by atoms with Crippen LogP contribution in [0.4, 0.5) is 9.18 Å². The number of rotatable bonds is 13. The molecule has 3 aliphatic rings. The third-order valence-electron chi connectivity index (χ3n) is 10.6. The molecule has 2 N–H and O–H groups in total. The Bertz CT molecular complexity index is 2210. The number of likely N-dealkylation sites (N-methyl/N-ethyl adjacent to an activating group) is 1. The number of ether oxygens (including phenoxy) is 1. The van der Waals surface area contributed by atoms with Gasteiger partial charge in [0.05, 0.1) is 32.2 Å². The van der Waals surface area contributed by atoms with Crippen LogP contribution in [0.25, 0.3) is 22.0 Å². The van der Waals surface area contributed by atoms with Crippen LogP contribution in [0.3, 0.4) is 0 Å². The number of amidine groups is 1. The summed E-state index contributed by atoms with van der Waals surface area (Å²) in [5.74, 6) is 1.28. The number of nitrogens with zero attached hydrogens (tertiary/aromatic N) is 9. The van der Waals surface area contributed by atoms with Crippen LogP contribution in [0, 0.1) is 17.1 Å². The van der Waals surface area contributed by atoms with Gasteiger partial charge in [-0.05, 0) is 78.1 Å². The summed E-state index contributed by atoms with van der Waals surface area (Å²) in [7, 11) is 4.02.